The summed E-state index contributed by atoms with van der Waals surface area (Å²) in [5, 5.41) is 5.50. The Bertz CT molecular complexity index is 1340. The minimum absolute atomic E-state index is 0.353. The number of hydrogen-bond donors (Lipinski definition) is 0. The molecule has 2 aromatic carbocycles. The maximum absolute atomic E-state index is 14.5. The molecule has 0 aliphatic rings. The van der Waals surface area contributed by atoms with Crippen LogP contribution in [0.15, 0.2) is 85.2 Å². The second-order valence-electron chi connectivity index (χ2n) is 6.66. The second kappa shape index (κ2) is 7.07. The van der Waals surface area contributed by atoms with E-state index in [1.54, 1.807) is 18.3 Å². The summed E-state index contributed by atoms with van der Waals surface area (Å²) in [6.07, 6.45) is 3.74. The Balaban J connectivity index is 1.65. The molecule has 0 saturated carbocycles. The highest BCUT2D eigenvalue weighted by Crippen LogP contribution is 2.30. The maximum Gasteiger partial charge on any atom is 0.134 e. The van der Waals surface area contributed by atoms with Gasteiger partial charge in [-0.15, -0.1) is 0 Å². The summed E-state index contributed by atoms with van der Waals surface area (Å²) in [7, 11) is 0. The molecule has 5 aromatic rings. The van der Waals surface area contributed by atoms with E-state index in [1.807, 2.05) is 69.9 Å². The average molecular weight is 422 g/mol. The molecule has 3 nitrogen and oxygen atoms in total. The van der Waals surface area contributed by atoms with Crippen molar-refractivity contribution in [1.82, 2.24) is 14.2 Å². The van der Waals surface area contributed by atoms with Crippen molar-refractivity contribution in [3.8, 4) is 28.2 Å². The molecule has 3 aromatic heterocycles. The minimum Gasteiger partial charge on any atom is -0.316 e. The van der Waals surface area contributed by atoms with Gasteiger partial charge in [-0.25, -0.2) is 9.07 Å². The normalized spacial score (nSPS) is 11.3. The van der Waals surface area contributed by atoms with Gasteiger partial charge in [0.05, 0.1) is 23.3 Å². The van der Waals surface area contributed by atoms with Crippen molar-refractivity contribution in [3.63, 3.8) is 0 Å². The van der Waals surface area contributed by atoms with Crippen LogP contribution in [-0.2, 0) is 0 Å². The molecule has 3 heterocycles. The quantitative estimate of drug-likeness (QED) is 0.310. The van der Waals surface area contributed by atoms with E-state index in [0.717, 1.165) is 28.2 Å². The smallest absolute Gasteiger partial charge is 0.134 e. The van der Waals surface area contributed by atoms with Gasteiger partial charge in [0.15, 0.2) is 0 Å². The zero-order valence-electron chi connectivity index (χ0n) is 15.1. The summed E-state index contributed by atoms with van der Waals surface area (Å²) < 4.78 is 18.3. The van der Waals surface area contributed by atoms with Crippen LogP contribution in [0.25, 0.3) is 33.7 Å². The van der Waals surface area contributed by atoms with E-state index >= 15 is 0 Å². The van der Waals surface area contributed by atoms with Crippen LogP contribution in [0.3, 0.4) is 0 Å². The number of hydrogen-bond acceptors (Lipinski definition) is 1. The monoisotopic (exact) mass is 421 g/mol. The van der Waals surface area contributed by atoms with E-state index < -0.39 is 0 Å². The van der Waals surface area contributed by atoms with E-state index in [4.69, 9.17) is 23.2 Å². The van der Waals surface area contributed by atoms with Crippen molar-refractivity contribution >= 4 is 28.7 Å². The van der Waals surface area contributed by atoms with Gasteiger partial charge in [0.25, 0.3) is 0 Å². The highest BCUT2D eigenvalue weighted by atomic mass is 35.5. The first-order valence-corrected chi connectivity index (χ1v) is 9.73. The molecule has 0 radical (unpaired) electrons. The van der Waals surface area contributed by atoms with Crippen LogP contribution in [-0.4, -0.2) is 14.2 Å². The van der Waals surface area contributed by atoms with Crippen molar-refractivity contribution in [2.75, 3.05) is 0 Å². The highest BCUT2D eigenvalue weighted by molar-refractivity contribution is 6.30. The van der Waals surface area contributed by atoms with Gasteiger partial charge in [-0.3, -0.25) is 0 Å². The Morgan fingerprint density at radius 2 is 1.52 bits per heavy atom. The fourth-order valence-corrected chi connectivity index (χ4v) is 3.76. The fourth-order valence-electron chi connectivity index (χ4n) is 3.48. The van der Waals surface area contributed by atoms with Crippen LogP contribution in [0.1, 0.15) is 0 Å². The lowest BCUT2D eigenvalue weighted by molar-refractivity contribution is 0.630. The molecule has 0 aliphatic heterocycles. The molecule has 0 N–H and O–H groups in total. The zero-order valence-corrected chi connectivity index (χ0v) is 16.6. The van der Waals surface area contributed by atoms with E-state index in [9.17, 15) is 4.39 Å². The molecule has 6 heteroatoms. The molecule has 0 fully saturated rings. The van der Waals surface area contributed by atoms with E-state index in [-0.39, 0.29) is 5.82 Å². The highest BCUT2D eigenvalue weighted by Gasteiger charge is 2.13. The molecule has 29 heavy (non-hydrogen) atoms. The predicted molar refractivity (Wildman–Crippen MR) is 115 cm³/mol. The number of nitrogens with zero attached hydrogens (tertiary/aromatic N) is 3. The molecular weight excluding hydrogens is 408 g/mol. The molecule has 0 spiro atoms. The number of aromatic nitrogens is 3. The van der Waals surface area contributed by atoms with Crippen LogP contribution in [0.2, 0.25) is 10.0 Å². The first-order valence-electron chi connectivity index (χ1n) is 8.97. The third-order valence-electron chi connectivity index (χ3n) is 4.87. The van der Waals surface area contributed by atoms with E-state index in [1.165, 1.54) is 6.07 Å². The summed E-state index contributed by atoms with van der Waals surface area (Å²) in [4.78, 5) is 0. The average Bonchev–Trinajstić information content (AvgIpc) is 3.35. The molecular formula is C23H14Cl2FN3. The van der Waals surface area contributed by atoms with E-state index in [2.05, 4.69) is 5.10 Å². The molecule has 0 saturated heterocycles. The molecule has 0 aliphatic carbocycles. The Labute approximate surface area is 176 Å². The van der Waals surface area contributed by atoms with Gasteiger partial charge in [-0.1, -0.05) is 23.2 Å². The molecule has 0 unspecified atom stereocenters. The Morgan fingerprint density at radius 3 is 2.31 bits per heavy atom. The number of halogens is 3. The van der Waals surface area contributed by atoms with Gasteiger partial charge in [-0.05, 0) is 72.8 Å². The first kappa shape index (κ1) is 18.0. The molecule has 5 rings (SSSR count). The number of fused-ring (bicyclic) bond motifs is 1. The standard InChI is InChI=1S/C23H14Cl2FN3/c24-16-2-6-19(7-3-16)29-22(11-12-27-29)15-1-5-18-8-10-23(28(18)14-15)20-9-4-17(25)13-21(20)26/h1-14H. The van der Waals surface area contributed by atoms with Crippen LogP contribution >= 0.6 is 23.2 Å². The number of rotatable bonds is 3. The first-order chi connectivity index (χ1) is 14.1. The topological polar surface area (TPSA) is 22.2 Å². The second-order valence-corrected chi connectivity index (χ2v) is 7.53. The summed E-state index contributed by atoms with van der Waals surface area (Å²) in [6, 6.07) is 22.1. The lowest BCUT2D eigenvalue weighted by Gasteiger charge is -2.10. The van der Waals surface area contributed by atoms with E-state index in [0.29, 0.717) is 15.6 Å². The van der Waals surface area contributed by atoms with Crippen LogP contribution < -0.4 is 0 Å². The maximum atomic E-state index is 14.5. The lowest BCUT2D eigenvalue weighted by Crippen LogP contribution is -1.99. The van der Waals surface area contributed by atoms with Gasteiger partial charge in [0, 0.05) is 32.9 Å². The van der Waals surface area contributed by atoms with Crippen molar-refractivity contribution in [2.45, 2.75) is 0 Å². The Hall–Kier alpha value is -3.08. The molecule has 0 bridgehead atoms. The number of benzene rings is 2. The summed E-state index contributed by atoms with van der Waals surface area (Å²) in [6.45, 7) is 0. The van der Waals surface area contributed by atoms with Gasteiger partial charge in [0.1, 0.15) is 5.82 Å². The lowest BCUT2D eigenvalue weighted by atomic mass is 10.1. The summed E-state index contributed by atoms with van der Waals surface area (Å²) >= 11 is 11.9. The van der Waals surface area contributed by atoms with Crippen molar-refractivity contribution < 1.29 is 4.39 Å². The Kier molecular flexibility index (Phi) is 4.38. The van der Waals surface area contributed by atoms with Gasteiger partial charge in [0.2, 0.25) is 0 Å². The van der Waals surface area contributed by atoms with Crippen LogP contribution in [0, 0.1) is 5.82 Å². The van der Waals surface area contributed by atoms with Gasteiger partial charge >= 0.3 is 0 Å². The summed E-state index contributed by atoms with van der Waals surface area (Å²) in [5.41, 5.74) is 5.01. The molecule has 0 amide bonds. The van der Waals surface area contributed by atoms with Gasteiger partial charge < -0.3 is 4.40 Å². The zero-order chi connectivity index (χ0) is 20.0. The third-order valence-corrected chi connectivity index (χ3v) is 5.36. The predicted octanol–water partition coefficient (Wildman–Crippen LogP) is 6.90. The SMILES string of the molecule is Fc1cc(Cl)ccc1-c1ccc2ccc(-c3ccnn3-c3ccc(Cl)cc3)cn12. The Morgan fingerprint density at radius 1 is 0.759 bits per heavy atom. The summed E-state index contributed by atoms with van der Waals surface area (Å²) in [5.74, 6) is -0.353. The number of pyridine rings is 1. The van der Waals surface area contributed by atoms with Crippen LogP contribution in [0.5, 0.6) is 0 Å². The van der Waals surface area contributed by atoms with Crippen molar-refractivity contribution in [1.29, 1.82) is 0 Å². The molecule has 0 atom stereocenters. The third kappa shape index (κ3) is 3.20. The minimum atomic E-state index is -0.353. The largest absolute Gasteiger partial charge is 0.316 e. The fraction of sp³-hybridized carbons (Fsp3) is 0. The van der Waals surface area contributed by atoms with Crippen molar-refractivity contribution in [3.05, 3.63) is 101 Å². The molecule has 142 valence electrons. The van der Waals surface area contributed by atoms with Gasteiger partial charge in [-0.2, -0.15) is 5.10 Å². The van der Waals surface area contributed by atoms with Crippen molar-refractivity contribution in [2.24, 2.45) is 0 Å². The van der Waals surface area contributed by atoms with Crippen LogP contribution in [0.4, 0.5) is 4.39 Å².